The Morgan fingerprint density at radius 3 is 2.14 bits per heavy atom. The minimum absolute atomic E-state index is 0.261. The summed E-state index contributed by atoms with van der Waals surface area (Å²) in [6, 6.07) is 0. The van der Waals surface area contributed by atoms with Gasteiger partial charge in [-0.15, -0.1) is 0 Å². The molecule has 7 heteroatoms. The van der Waals surface area contributed by atoms with E-state index in [1.165, 1.54) is 0 Å². The zero-order chi connectivity index (χ0) is 15.3. The van der Waals surface area contributed by atoms with Gasteiger partial charge in [-0.3, -0.25) is 4.90 Å². The minimum atomic E-state index is -3.09. The van der Waals surface area contributed by atoms with E-state index >= 15 is 0 Å². The van der Waals surface area contributed by atoms with Crippen LogP contribution in [0.2, 0.25) is 0 Å². The first-order valence-corrected chi connectivity index (χ1v) is 9.71. The van der Waals surface area contributed by atoms with Gasteiger partial charge in [0.1, 0.15) is 0 Å². The SMILES string of the molecule is CC(C)CN1CCN(S(=O)(=O)CCN2CCNCC2)CC1. The Morgan fingerprint density at radius 1 is 0.952 bits per heavy atom. The molecule has 0 radical (unpaired) electrons. The quantitative estimate of drug-likeness (QED) is 0.715. The summed E-state index contributed by atoms with van der Waals surface area (Å²) in [5.74, 6) is 0.901. The van der Waals surface area contributed by atoms with Gasteiger partial charge in [-0.2, -0.15) is 4.31 Å². The standard InChI is InChI=1S/C14H30N4O2S/c1-14(2)13-17-7-9-18(10-8-17)21(19,20)12-11-16-5-3-15-4-6-16/h14-15H,3-13H2,1-2H3. The minimum Gasteiger partial charge on any atom is -0.314 e. The van der Waals surface area contributed by atoms with E-state index in [4.69, 9.17) is 0 Å². The number of piperazine rings is 2. The van der Waals surface area contributed by atoms with Crippen LogP contribution in [0.1, 0.15) is 13.8 Å². The van der Waals surface area contributed by atoms with Gasteiger partial charge in [0.2, 0.25) is 10.0 Å². The van der Waals surface area contributed by atoms with Gasteiger partial charge in [0, 0.05) is 65.4 Å². The third-order valence-corrected chi connectivity index (χ3v) is 6.07. The van der Waals surface area contributed by atoms with E-state index in [-0.39, 0.29) is 5.75 Å². The number of hydrogen-bond donors (Lipinski definition) is 1. The van der Waals surface area contributed by atoms with E-state index < -0.39 is 10.0 Å². The van der Waals surface area contributed by atoms with Crippen LogP contribution in [-0.2, 0) is 10.0 Å². The molecule has 0 aromatic heterocycles. The Bertz CT molecular complexity index is 399. The Hall–Kier alpha value is -0.210. The fourth-order valence-electron chi connectivity index (χ4n) is 3.01. The summed E-state index contributed by atoms with van der Waals surface area (Å²) < 4.78 is 26.5. The molecule has 2 heterocycles. The van der Waals surface area contributed by atoms with Crippen molar-refractivity contribution in [2.24, 2.45) is 5.92 Å². The summed E-state index contributed by atoms with van der Waals surface area (Å²) in [5.41, 5.74) is 0. The third kappa shape index (κ3) is 5.49. The Balaban J connectivity index is 1.75. The van der Waals surface area contributed by atoms with Gasteiger partial charge in [-0.05, 0) is 5.92 Å². The van der Waals surface area contributed by atoms with E-state index in [1.54, 1.807) is 4.31 Å². The van der Waals surface area contributed by atoms with Crippen molar-refractivity contribution < 1.29 is 8.42 Å². The molecule has 0 spiro atoms. The summed E-state index contributed by atoms with van der Waals surface area (Å²) >= 11 is 0. The summed E-state index contributed by atoms with van der Waals surface area (Å²) in [6.07, 6.45) is 0. The summed E-state index contributed by atoms with van der Waals surface area (Å²) in [5, 5.41) is 3.29. The van der Waals surface area contributed by atoms with Crippen molar-refractivity contribution >= 4 is 10.0 Å². The molecule has 0 aliphatic carbocycles. The molecule has 0 aromatic carbocycles. The molecule has 2 saturated heterocycles. The van der Waals surface area contributed by atoms with Crippen molar-refractivity contribution in [1.29, 1.82) is 0 Å². The van der Waals surface area contributed by atoms with Gasteiger partial charge in [0.05, 0.1) is 5.75 Å². The van der Waals surface area contributed by atoms with Crippen molar-refractivity contribution in [2.75, 3.05) is 71.2 Å². The van der Waals surface area contributed by atoms with Crippen molar-refractivity contribution in [3.05, 3.63) is 0 Å². The summed E-state index contributed by atoms with van der Waals surface area (Å²) in [7, 11) is -3.09. The van der Waals surface area contributed by atoms with Gasteiger partial charge in [0.15, 0.2) is 0 Å². The van der Waals surface area contributed by atoms with Crippen LogP contribution < -0.4 is 5.32 Å². The molecule has 1 N–H and O–H groups in total. The zero-order valence-corrected chi connectivity index (χ0v) is 14.2. The van der Waals surface area contributed by atoms with Crippen molar-refractivity contribution in [2.45, 2.75) is 13.8 Å². The molecule has 2 fully saturated rings. The van der Waals surface area contributed by atoms with Gasteiger partial charge < -0.3 is 10.2 Å². The van der Waals surface area contributed by atoms with Crippen LogP contribution in [0.15, 0.2) is 0 Å². The highest BCUT2D eigenvalue weighted by atomic mass is 32.2. The van der Waals surface area contributed by atoms with Crippen LogP contribution >= 0.6 is 0 Å². The third-order valence-electron chi connectivity index (χ3n) is 4.22. The first-order valence-electron chi connectivity index (χ1n) is 8.10. The van der Waals surface area contributed by atoms with E-state index in [0.29, 0.717) is 25.6 Å². The van der Waals surface area contributed by atoms with Gasteiger partial charge in [-0.1, -0.05) is 13.8 Å². The molecule has 0 atom stereocenters. The summed E-state index contributed by atoms with van der Waals surface area (Å²) in [4.78, 5) is 4.61. The van der Waals surface area contributed by atoms with Crippen molar-refractivity contribution in [3.63, 3.8) is 0 Å². The molecule has 124 valence electrons. The van der Waals surface area contributed by atoms with Crippen LogP contribution in [0.3, 0.4) is 0 Å². The van der Waals surface area contributed by atoms with Crippen LogP contribution in [0.5, 0.6) is 0 Å². The van der Waals surface area contributed by atoms with Gasteiger partial charge >= 0.3 is 0 Å². The van der Waals surface area contributed by atoms with Crippen LogP contribution in [0.25, 0.3) is 0 Å². The highest BCUT2D eigenvalue weighted by Crippen LogP contribution is 2.10. The molecule has 0 aromatic rings. The lowest BCUT2D eigenvalue weighted by molar-refractivity contribution is 0.171. The van der Waals surface area contributed by atoms with Crippen molar-refractivity contribution in [3.8, 4) is 0 Å². The average molecular weight is 318 g/mol. The lowest BCUT2D eigenvalue weighted by atomic mass is 10.2. The first-order chi connectivity index (χ1) is 9.97. The topological polar surface area (TPSA) is 55.9 Å². The second-order valence-corrected chi connectivity index (χ2v) is 8.59. The van der Waals surface area contributed by atoms with Crippen LogP contribution in [0.4, 0.5) is 0 Å². The number of sulfonamides is 1. The second kappa shape index (κ2) is 7.87. The molecule has 2 aliphatic heterocycles. The predicted molar refractivity (Wildman–Crippen MR) is 85.9 cm³/mol. The Kier molecular flexibility index (Phi) is 6.43. The smallest absolute Gasteiger partial charge is 0.215 e. The molecular weight excluding hydrogens is 288 g/mol. The Labute approximate surface area is 129 Å². The highest BCUT2D eigenvalue weighted by Gasteiger charge is 2.27. The van der Waals surface area contributed by atoms with Crippen LogP contribution in [-0.4, -0.2) is 93.7 Å². The second-order valence-electron chi connectivity index (χ2n) is 6.50. The summed E-state index contributed by atoms with van der Waals surface area (Å²) in [6.45, 7) is 13.0. The van der Waals surface area contributed by atoms with E-state index in [0.717, 1.165) is 45.8 Å². The molecule has 0 unspecified atom stereocenters. The maximum atomic E-state index is 12.4. The lowest BCUT2D eigenvalue weighted by Gasteiger charge is -2.35. The van der Waals surface area contributed by atoms with Crippen LogP contribution in [0, 0.1) is 5.92 Å². The van der Waals surface area contributed by atoms with E-state index in [1.807, 2.05) is 0 Å². The average Bonchev–Trinajstić information content (AvgIpc) is 2.46. The van der Waals surface area contributed by atoms with E-state index in [2.05, 4.69) is 29.0 Å². The number of rotatable bonds is 6. The number of nitrogens with zero attached hydrogens (tertiary/aromatic N) is 3. The predicted octanol–water partition coefficient (Wildman–Crippen LogP) is -0.505. The van der Waals surface area contributed by atoms with E-state index in [9.17, 15) is 8.42 Å². The molecule has 0 saturated carbocycles. The monoisotopic (exact) mass is 318 g/mol. The highest BCUT2D eigenvalue weighted by molar-refractivity contribution is 7.89. The molecule has 0 bridgehead atoms. The fraction of sp³-hybridized carbons (Fsp3) is 1.00. The number of nitrogens with one attached hydrogen (secondary N) is 1. The molecule has 6 nitrogen and oxygen atoms in total. The zero-order valence-electron chi connectivity index (χ0n) is 13.4. The fourth-order valence-corrected chi connectivity index (χ4v) is 4.48. The maximum absolute atomic E-state index is 12.4. The molecule has 2 rings (SSSR count). The van der Waals surface area contributed by atoms with Crippen molar-refractivity contribution in [1.82, 2.24) is 19.4 Å². The first kappa shape index (κ1) is 17.1. The van der Waals surface area contributed by atoms with Gasteiger partial charge in [-0.25, -0.2) is 8.42 Å². The molecule has 0 amide bonds. The molecular formula is C14H30N4O2S. The largest absolute Gasteiger partial charge is 0.314 e. The lowest BCUT2D eigenvalue weighted by Crippen LogP contribution is -2.51. The molecule has 21 heavy (non-hydrogen) atoms. The molecule has 2 aliphatic rings. The Morgan fingerprint density at radius 2 is 1.57 bits per heavy atom. The maximum Gasteiger partial charge on any atom is 0.215 e. The normalized spacial score (nSPS) is 23.8. The number of hydrogen-bond acceptors (Lipinski definition) is 5. The van der Waals surface area contributed by atoms with Gasteiger partial charge in [0.25, 0.3) is 0 Å².